The summed E-state index contributed by atoms with van der Waals surface area (Å²) in [7, 11) is 0. The molecule has 1 nitrogen and oxygen atoms in total. The summed E-state index contributed by atoms with van der Waals surface area (Å²) in [5.41, 5.74) is 1.58. The van der Waals surface area contributed by atoms with E-state index in [4.69, 9.17) is 0 Å². The van der Waals surface area contributed by atoms with Gasteiger partial charge in [-0.2, -0.15) is 0 Å². The lowest BCUT2D eigenvalue weighted by Gasteiger charge is -2.45. The van der Waals surface area contributed by atoms with E-state index in [0.29, 0.717) is 5.41 Å². The monoisotopic (exact) mass is 222 g/mol. The Balaban J connectivity index is 2.28. The summed E-state index contributed by atoms with van der Waals surface area (Å²) in [6.07, 6.45) is 7.02. The fourth-order valence-electron chi connectivity index (χ4n) is 4.16. The van der Waals surface area contributed by atoms with Crippen LogP contribution in [-0.4, -0.2) is 11.2 Å². The third-order valence-electron chi connectivity index (χ3n) is 5.34. The van der Waals surface area contributed by atoms with Crippen LogP contribution in [0.15, 0.2) is 11.6 Å². The Morgan fingerprint density at radius 1 is 1.38 bits per heavy atom. The maximum atomic E-state index is 10.2. The lowest BCUT2D eigenvalue weighted by atomic mass is 9.61. The number of aliphatic hydroxyl groups is 1. The Labute approximate surface area is 99.9 Å². The number of allylic oxidation sites excluding steroid dienone is 1. The van der Waals surface area contributed by atoms with E-state index >= 15 is 0 Å². The Kier molecular flexibility index (Phi) is 3.18. The largest absolute Gasteiger partial charge is 0.389 e. The van der Waals surface area contributed by atoms with Crippen LogP contribution in [0.1, 0.15) is 53.4 Å². The molecule has 92 valence electrons. The first-order valence-corrected chi connectivity index (χ1v) is 6.82. The van der Waals surface area contributed by atoms with Crippen molar-refractivity contribution in [1.29, 1.82) is 0 Å². The van der Waals surface area contributed by atoms with Crippen molar-refractivity contribution < 1.29 is 5.11 Å². The molecule has 0 aromatic carbocycles. The van der Waals surface area contributed by atoms with Crippen molar-refractivity contribution in [1.82, 2.24) is 0 Å². The summed E-state index contributed by atoms with van der Waals surface area (Å²) in [6.45, 7) is 9.16. The van der Waals surface area contributed by atoms with Crippen LogP contribution in [0.2, 0.25) is 0 Å². The average Bonchev–Trinajstić information content (AvgIpc) is 2.51. The van der Waals surface area contributed by atoms with Gasteiger partial charge in [-0.15, -0.1) is 0 Å². The maximum absolute atomic E-state index is 10.2. The molecule has 0 unspecified atom stereocenters. The van der Waals surface area contributed by atoms with Crippen molar-refractivity contribution >= 4 is 0 Å². The zero-order chi connectivity index (χ0) is 11.9. The quantitative estimate of drug-likeness (QED) is 0.669. The summed E-state index contributed by atoms with van der Waals surface area (Å²) < 4.78 is 0. The van der Waals surface area contributed by atoms with Gasteiger partial charge < -0.3 is 5.11 Å². The zero-order valence-corrected chi connectivity index (χ0v) is 11.2. The zero-order valence-electron chi connectivity index (χ0n) is 11.2. The summed E-state index contributed by atoms with van der Waals surface area (Å²) in [6, 6.07) is 0. The molecule has 0 aromatic heterocycles. The Bertz CT molecular complexity index is 292. The van der Waals surface area contributed by atoms with Crippen LogP contribution in [-0.2, 0) is 0 Å². The molecule has 0 aliphatic heterocycles. The Morgan fingerprint density at radius 3 is 2.62 bits per heavy atom. The van der Waals surface area contributed by atoms with Gasteiger partial charge in [-0.25, -0.2) is 0 Å². The average molecular weight is 222 g/mol. The van der Waals surface area contributed by atoms with E-state index in [1.807, 2.05) is 0 Å². The van der Waals surface area contributed by atoms with Gasteiger partial charge in [-0.3, -0.25) is 0 Å². The maximum Gasteiger partial charge on any atom is 0.0753 e. The first-order chi connectivity index (χ1) is 7.47. The highest BCUT2D eigenvalue weighted by atomic mass is 16.3. The molecule has 0 heterocycles. The molecule has 1 N–H and O–H groups in total. The van der Waals surface area contributed by atoms with Crippen LogP contribution in [0.3, 0.4) is 0 Å². The predicted molar refractivity (Wildman–Crippen MR) is 68.2 cm³/mol. The van der Waals surface area contributed by atoms with E-state index in [-0.39, 0.29) is 6.10 Å². The first-order valence-electron chi connectivity index (χ1n) is 6.82. The standard InChI is InChI=1S/C15H26O/c1-10(2)13-6-5-12(4)15(13)8-7-11(3)14(16)9-15/h7,10,12-14,16H,5-6,8-9H2,1-4H3/t12-,13-,14+,15-/m0/s1. The molecular formula is C15H26O. The molecule has 2 aliphatic rings. The minimum atomic E-state index is -0.185. The molecule has 2 aliphatic carbocycles. The van der Waals surface area contributed by atoms with E-state index in [1.165, 1.54) is 24.8 Å². The van der Waals surface area contributed by atoms with E-state index in [1.54, 1.807) is 0 Å². The van der Waals surface area contributed by atoms with Crippen LogP contribution < -0.4 is 0 Å². The molecule has 0 bridgehead atoms. The minimum absolute atomic E-state index is 0.185. The van der Waals surface area contributed by atoms with Gasteiger partial charge in [0.2, 0.25) is 0 Å². The van der Waals surface area contributed by atoms with Gasteiger partial charge in [-0.05, 0) is 61.3 Å². The van der Waals surface area contributed by atoms with Crippen molar-refractivity contribution in [2.24, 2.45) is 23.2 Å². The molecule has 16 heavy (non-hydrogen) atoms. The van der Waals surface area contributed by atoms with E-state index in [0.717, 1.165) is 24.2 Å². The molecule has 0 saturated heterocycles. The second-order valence-electron chi connectivity index (χ2n) is 6.43. The number of hydrogen-bond acceptors (Lipinski definition) is 1. The fraction of sp³-hybridized carbons (Fsp3) is 0.867. The van der Waals surface area contributed by atoms with Gasteiger partial charge in [0.05, 0.1) is 6.10 Å². The second-order valence-corrected chi connectivity index (χ2v) is 6.43. The summed E-state index contributed by atoms with van der Waals surface area (Å²) in [4.78, 5) is 0. The third-order valence-corrected chi connectivity index (χ3v) is 5.34. The van der Waals surface area contributed by atoms with Gasteiger partial charge in [0.1, 0.15) is 0 Å². The molecule has 2 rings (SSSR count). The summed E-state index contributed by atoms with van der Waals surface area (Å²) in [5.74, 6) is 2.34. The highest BCUT2D eigenvalue weighted by Gasteiger charge is 2.50. The first kappa shape index (κ1) is 12.2. The van der Waals surface area contributed by atoms with Crippen LogP contribution in [0.4, 0.5) is 0 Å². The molecule has 0 radical (unpaired) electrons. The number of rotatable bonds is 1. The predicted octanol–water partition coefficient (Wildman–Crippen LogP) is 3.78. The van der Waals surface area contributed by atoms with E-state index in [9.17, 15) is 5.11 Å². The van der Waals surface area contributed by atoms with Crippen molar-refractivity contribution in [3.63, 3.8) is 0 Å². The normalized spacial score (nSPS) is 44.1. The summed E-state index contributed by atoms with van der Waals surface area (Å²) >= 11 is 0. The topological polar surface area (TPSA) is 20.2 Å². The van der Waals surface area contributed by atoms with Crippen molar-refractivity contribution in [3.8, 4) is 0 Å². The molecule has 1 heteroatoms. The van der Waals surface area contributed by atoms with Gasteiger partial charge >= 0.3 is 0 Å². The van der Waals surface area contributed by atoms with Crippen LogP contribution in [0, 0.1) is 23.2 Å². The highest BCUT2D eigenvalue weighted by molar-refractivity contribution is 5.16. The molecular weight excluding hydrogens is 196 g/mol. The molecule has 1 saturated carbocycles. The third kappa shape index (κ3) is 1.73. The number of aliphatic hydroxyl groups excluding tert-OH is 1. The van der Waals surface area contributed by atoms with Crippen molar-refractivity contribution in [2.75, 3.05) is 0 Å². The van der Waals surface area contributed by atoms with E-state index in [2.05, 4.69) is 33.8 Å². The Morgan fingerprint density at radius 2 is 2.06 bits per heavy atom. The van der Waals surface area contributed by atoms with Gasteiger partial charge in [0, 0.05) is 0 Å². The molecule has 0 amide bonds. The lowest BCUT2D eigenvalue weighted by Crippen LogP contribution is -2.39. The summed E-state index contributed by atoms with van der Waals surface area (Å²) in [5, 5.41) is 10.2. The van der Waals surface area contributed by atoms with Gasteiger partial charge in [-0.1, -0.05) is 26.8 Å². The molecule has 1 spiro atoms. The highest BCUT2D eigenvalue weighted by Crippen LogP contribution is 2.57. The van der Waals surface area contributed by atoms with Crippen molar-refractivity contribution in [2.45, 2.75) is 59.5 Å². The molecule has 0 aromatic rings. The minimum Gasteiger partial charge on any atom is -0.389 e. The van der Waals surface area contributed by atoms with Gasteiger partial charge in [0.25, 0.3) is 0 Å². The molecule has 1 fully saturated rings. The van der Waals surface area contributed by atoms with Crippen LogP contribution in [0.5, 0.6) is 0 Å². The smallest absolute Gasteiger partial charge is 0.0753 e. The lowest BCUT2D eigenvalue weighted by molar-refractivity contribution is 0.0327. The Hall–Kier alpha value is -0.300. The van der Waals surface area contributed by atoms with E-state index < -0.39 is 0 Å². The van der Waals surface area contributed by atoms with Crippen LogP contribution >= 0.6 is 0 Å². The molecule has 4 atom stereocenters. The fourth-order valence-corrected chi connectivity index (χ4v) is 4.16. The SMILES string of the molecule is CC1=CC[C@]2(C[C@H]1O)[C@@H](C)CC[C@H]2C(C)C. The van der Waals surface area contributed by atoms with Crippen LogP contribution in [0.25, 0.3) is 0 Å². The van der Waals surface area contributed by atoms with Crippen molar-refractivity contribution in [3.05, 3.63) is 11.6 Å². The van der Waals surface area contributed by atoms with Gasteiger partial charge in [0.15, 0.2) is 0 Å². The second kappa shape index (κ2) is 4.18. The number of hydrogen-bond donors (Lipinski definition) is 1.